The minimum atomic E-state index is -0.514. The zero-order chi connectivity index (χ0) is 19.3. The van der Waals surface area contributed by atoms with Crippen molar-refractivity contribution in [1.29, 1.82) is 0 Å². The van der Waals surface area contributed by atoms with Crippen LogP contribution in [0.15, 0.2) is 18.2 Å². The third-order valence-electron chi connectivity index (χ3n) is 4.98. The number of hydrogen-bond donors (Lipinski definition) is 2. The first kappa shape index (κ1) is 17.6. The van der Waals surface area contributed by atoms with E-state index in [1.807, 2.05) is 13.8 Å². The van der Waals surface area contributed by atoms with E-state index in [-0.39, 0.29) is 5.91 Å². The number of aryl methyl sites for hydroxylation is 2. The van der Waals surface area contributed by atoms with Gasteiger partial charge in [0.15, 0.2) is 0 Å². The number of anilines is 1. The summed E-state index contributed by atoms with van der Waals surface area (Å²) in [6, 6.07) is 5.12. The molecule has 27 heavy (non-hydrogen) atoms. The molecule has 1 aliphatic rings. The number of nitrogens with two attached hydrogens (primary N) is 1. The highest BCUT2D eigenvalue weighted by molar-refractivity contribution is 7.20. The highest BCUT2D eigenvalue weighted by Gasteiger charge is 2.28. The van der Waals surface area contributed by atoms with Crippen molar-refractivity contribution in [3.63, 3.8) is 0 Å². The van der Waals surface area contributed by atoms with Crippen molar-refractivity contribution in [3.05, 3.63) is 51.3 Å². The van der Waals surface area contributed by atoms with Crippen LogP contribution in [-0.4, -0.2) is 21.8 Å². The van der Waals surface area contributed by atoms with Crippen LogP contribution in [0.1, 0.15) is 61.4 Å². The topological polar surface area (TPSA) is 98.0 Å². The van der Waals surface area contributed by atoms with E-state index < -0.39 is 5.91 Å². The summed E-state index contributed by atoms with van der Waals surface area (Å²) in [5, 5.41) is 3.86. The molecule has 138 valence electrons. The molecule has 0 saturated heterocycles. The number of rotatable bonds is 4. The van der Waals surface area contributed by atoms with Crippen LogP contribution in [0.5, 0.6) is 0 Å². The van der Waals surface area contributed by atoms with Crippen LogP contribution in [0, 0.1) is 20.8 Å². The third kappa shape index (κ3) is 3.08. The number of aromatic nitrogens is 2. The largest absolute Gasteiger partial charge is 0.366 e. The maximum atomic E-state index is 12.9. The molecule has 4 rings (SSSR count). The molecule has 1 fully saturated rings. The van der Waals surface area contributed by atoms with Gasteiger partial charge in [-0.2, -0.15) is 0 Å². The fourth-order valence-electron chi connectivity index (χ4n) is 3.32. The lowest BCUT2D eigenvalue weighted by atomic mass is 10.1. The van der Waals surface area contributed by atoms with Crippen molar-refractivity contribution in [1.82, 2.24) is 9.97 Å². The van der Waals surface area contributed by atoms with E-state index >= 15 is 0 Å². The maximum Gasteiger partial charge on any atom is 0.266 e. The van der Waals surface area contributed by atoms with Gasteiger partial charge in [0.25, 0.3) is 5.91 Å². The van der Waals surface area contributed by atoms with Crippen molar-refractivity contribution in [2.45, 2.75) is 39.5 Å². The lowest BCUT2D eigenvalue weighted by Gasteiger charge is -2.10. The number of carbonyl (C=O) groups excluding carboxylic acids is 2. The minimum Gasteiger partial charge on any atom is -0.366 e. The molecule has 1 aliphatic carbocycles. The van der Waals surface area contributed by atoms with Crippen LogP contribution in [0.25, 0.3) is 10.2 Å². The number of primary amides is 1. The average molecular weight is 380 g/mol. The highest BCUT2D eigenvalue weighted by atomic mass is 32.1. The first-order valence-corrected chi connectivity index (χ1v) is 9.67. The fourth-order valence-corrected chi connectivity index (χ4v) is 4.45. The molecule has 6 nitrogen and oxygen atoms in total. The summed E-state index contributed by atoms with van der Waals surface area (Å²) in [6.07, 6.45) is 2.27. The molecular weight excluding hydrogens is 360 g/mol. The van der Waals surface area contributed by atoms with Crippen LogP contribution in [-0.2, 0) is 0 Å². The molecule has 0 aliphatic heterocycles. The first-order valence-electron chi connectivity index (χ1n) is 8.85. The Balaban J connectivity index is 1.71. The number of carbonyl (C=O) groups is 2. The van der Waals surface area contributed by atoms with Gasteiger partial charge in [-0.25, -0.2) is 9.97 Å². The molecule has 2 heterocycles. The summed E-state index contributed by atoms with van der Waals surface area (Å²) in [6.45, 7) is 5.66. The number of fused-ring (bicyclic) bond motifs is 1. The van der Waals surface area contributed by atoms with Gasteiger partial charge in [-0.05, 0) is 56.9 Å². The van der Waals surface area contributed by atoms with Gasteiger partial charge in [0.05, 0.1) is 10.6 Å². The molecule has 1 aromatic carbocycles. The van der Waals surface area contributed by atoms with E-state index in [2.05, 4.69) is 10.3 Å². The second-order valence-electron chi connectivity index (χ2n) is 6.97. The van der Waals surface area contributed by atoms with Crippen LogP contribution >= 0.6 is 11.3 Å². The Labute approximate surface area is 160 Å². The number of nitrogens with zero attached hydrogens (tertiary/aromatic N) is 2. The Kier molecular flexibility index (Phi) is 4.19. The summed E-state index contributed by atoms with van der Waals surface area (Å²) >= 11 is 1.39. The van der Waals surface area contributed by atoms with Gasteiger partial charge in [-0.1, -0.05) is 6.07 Å². The third-order valence-corrected chi connectivity index (χ3v) is 6.17. The van der Waals surface area contributed by atoms with E-state index in [0.29, 0.717) is 27.6 Å². The molecule has 0 radical (unpaired) electrons. The van der Waals surface area contributed by atoms with Gasteiger partial charge in [-0.15, -0.1) is 11.3 Å². The molecule has 0 bridgehead atoms. The number of hydrogen-bond acceptors (Lipinski definition) is 5. The Morgan fingerprint density at radius 1 is 1.15 bits per heavy atom. The SMILES string of the molecule is Cc1c(NC(=O)c2sc3nc(C4CC4)nc(C)c3c2C)cccc1C(N)=O. The monoisotopic (exact) mass is 380 g/mol. The van der Waals surface area contributed by atoms with Crippen molar-refractivity contribution in [3.8, 4) is 0 Å². The van der Waals surface area contributed by atoms with Gasteiger partial charge < -0.3 is 11.1 Å². The van der Waals surface area contributed by atoms with E-state index in [4.69, 9.17) is 10.7 Å². The first-order chi connectivity index (χ1) is 12.9. The van der Waals surface area contributed by atoms with Crippen molar-refractivity contribution in [2.75, 3.05) is 5.32 Å². The Bertz CT molecular complexity index is 1100. The molecule has 3 N–H and O–H groups in total. The Morgan fingerprint density at radius 3 is 2.56 bits per heavy atom. The van der Waals surface area contributed by atoms with Crippen molar-refractivity contribution in [2.24, 2.45) is 5.73 Å². The molecule has 0 spiro atoms. The summed E-state index contributed by atoms with van der Waals surface area (Å²) in [5.41, 5.74) is 8.83. The van der Waals surface area contributed by atoms with Crippen LogP contribution in [0.3, 0.4) is 0 Å². The second kappa shape index (κ2) is 6.42. The standard InChI is InChI=1S/C20H20N4O2S/c1-9-13(17(21)25)5-4-6-14(9)23-19(26)16-10(2)15-11(3)22-18(12-7-8-12)24-20(15)27-16/h4-6,12H,7-8H2,1-3H3,(H2,21,25)(H,23,26). The van der Waals surface area contributed by atoms with Gasteiger partial charge in [-0.3, -0.25) is 9.59 Å². The van der Waals surface area contributed by atoms with E-state index in [9.17, 15) is 9.59 Å². The summed E-state index contributed by atoms with van der Waals surface area (Å²) in [7, 11) is 0. The van der Waals surface area contributed by atoms with Crippen LogP contribution < -0.4 is 11.1 Å². The average Bonchev–Trinajstić information content (AvgIpc) is 3.40. The quantitative estimate of drug-likeness (QED) is 0.718. The number of amides is 2. The van der Waals surface area contributed by atoms with Crippen molar-refractivity contribution >= 4 is 39.1 Å². The number of benzene rings is 1. The number of nitrogens with one attached hydrogen (secondary N) is 1. The molecule has 3 aromatic rings. The molecule has 0 atom stereocenters. The highest BCUT2D eigenvalue weighted by Crippen LogP contribution is 2.40. The van der Waals surface area contributed by atoms with Gasteiger partial charge in [0.2, 0.25) is 5.91 Å². The van der Waals surface area contributed by atoms with Crippen LogP contribution in [0.4, 0.5) is 5.69 Å². The normalized spacial score (nSPS) is 13.7. The van der Waals surface area contributed by atoms with Gasteiger partial charge in [0, 0.05) is 22.6 Å². The second-order valence-corrected chi connectivity index (χ2v) is 7.97. The van der Waals surface area contributed by atoms with Crippen molar-refractivity contribution < 1.29 is 9.59 Å². The lowest BCUT2D eigenvalue weighted by Crippen LogP contribution is -2.16. The Morgan fingerprint density at radius 2 is 1.89 bits per heavy atom. The zero-order valence-corrected chi connectivity index (χ0v) is 16.2. The van der Waals surface area contributed by atoms with Crippen LogP contribution in [0.2, 0.25) is 0 Å². The van der Waals surface area contributed by atoms with E-state index in [1.54, 1.807) is 25.1 Å². The summed E-state index contributed by atoms with van der Waals surface area (Å²) < 4.78 is 0. The zero-order valence-electron chi connectivity index (χ0n) is 15.4. The molecule has 0 unspecified atom stereocenters. The Hall–Kier alpha value is -2.80. The molecule has 2 aromatic heterocycles. The summed E-state index contributed by atoms with van der Waals surface area (Å²) in [5.74, 6) is 0.623. The van der Waals surface area contributed by atoms with E-state index in [1.165, 1.54) is 11.3 Å². The van der Waals surface area contributed by atoms with Gasteiger partial charge in [0.1, 0.15) is 10.7 Å². The minimum absolute atomic E-state index is 0.215. The molecule has 7 heteroatoms. The molecular formula is C20H20N4O2S. The number of thiophene rings is 1. The predicted octanol–water partition coefficient (Wildman–Crippen LogP) is 3.85. The maximum absolute atomic E-state index is 12.9. The molecule has 2 amide bonds. The molecule has 1 saturated carbocycles. The fraction of sp³-hybridized carbons (Fsp3) is 0.300. The van der Waals surface area contributed by atoms with Gasteiger partial charge >= 0.3 is 0 Å². The smallest absolute Gasteiger partial charge is 0.266 e. The summed E-state index contributed by atoms with van der Waals surface area (Å²) in [4.78, 5) is 35.2. The van der Waals surface area contributed by atoms with E-state index in [0.717, 1.165) is 40.1 Å². The predicted molar refractivity (Wildman–Crippen MR) is 107 cm³/mol. The lowest BCUT2D eigenvalue weighted by molar-refractivity contribution is 0.0996.